The molecule has 0 bridgehead atoms. The number of Topliss-reactive ketones (excluding diaryl/α,β-unsaturated/α-hetero) is 1. The molecule has 49 heavy (non-hydrogen) atoms. The van der Waals surface area contributed by atoms with Crippen molar-refractivity contribution in [3.8, 4) is 17.1 Å². The van der Waals surface area contributed by atoms with Crippen molar-refractivity contribution in [1.29, 1.82) is 0 Å². The van der Waals surface area contributed by atoms with E-state index < -0.39 is 17.8 Å². The van der Waals surface area contributed by atoms with Crippen molar-refractivity contribution < 1.29 is 18.5 Å². The number of hydrogen-bond acceptors (Lipinski definition) is 9. The average Bonchev–Trinajstić information content (AvgIpc) is 3.78. The summed E-state index contributed by atoms with van der Waals surface area (Å²) in [4.78, 5) is 39.1. The van der Waals surface area contributed by atoms with Crippen LogP contribution in [0.25, 0.3) is 17.1 Å². The second-order valence-corrected chi connectivity index (χ2v) is 13.2. The Kier molecular flexibility index (Phi) is 9.00. The SMILES string of the molecule is Cc1nc(-c2ccc(CC(=O)C3c4cccc(N5CCC(N(C)C)CC5)c4CCN3C(=O)c3cn(-c4cccc(Cl)c4F)nn3)cc2)no1. The van der Waals surface area contributed by atoms with Crippen LogP contribution < -0.4 is 4.90 Å². The molecule has 3 aromatic carbocycles. The molecule has 1 atom stereocenters. The van der Waals surface area contributed by atoms with Crippen LogP contribution >= 0.6 is 11.6 Å². The van der Waals surface area contributed by atoms with E-state index in [1.165, 1.54) is 23.0 Å². The number of benzene rings is 3. The van der Waals surface area contributed by atoms with E-state index in [4.69, 9.17) is 16.1 Å². The highest BCUT2D eigenvalue weighted by Gasteiger charge is 2.39. The Balaban J connectivity index is 1.21. The molecule has 252 valence electrons. The Morgan fingerprint density at radius 3 is 2.45 bits per heavy atom. The van der Waals surface area contributed by atoms with Crippen LogP contribution in [0, 0.1) is 12.7 Å². The summed E-state index contributed by atoms with van der Waals surface area (Å²) in [5.74, 6) is -0.321. The van der Waals surface area contributed by atoms with Gasteiger partial charge in [0.05, 0.1) is 11.2 Å². The van der Waals surface area contributed by atoms with E-state index in [1.807, 2.05) is 36.4 Å². The van der Waals surface area contributed by atoms with E-state index in [0.29, 0.717) is 30.7 Å². The molecule has 0 N–H and O–H groups in total. The fourth-order valence-corrected chi connectivity index (χ4v) is 7.09. The van der Waals surface area contributed by atoms with Crippen LogP contribution in [0.2, 0.25) is 5.02 Å². The highest BCUT2D eigenvalue weighted by atomic mass is 35.5. The second kappa shape index (κ2) is 13.5. The minimum absolute atomic E-state index is 0.00213. The lowest BCUT2D eigenvalue weighted by Crippen LogP contribution is -2.46. The zero-order valence-electron chi connectivity index (χ0n) is 27.5. The maximum absolute atomic E-state index is 14.8. The molecular weight excluding hydrogens is 647 g/mol. The lowest BCUT2D eigenvalue weighted by atomic mass is 9.86. The van der Waals surface area contributed by atoms with Gasteiger partial charge in [-0.15, -0.1) is 5.10 Å². The topological polar surface area (TPSA) is 113 Å². The predicted molar refractivity (Wildman–Crippen MR) is 182 cm³/mol. The van der Waals surface area contributed by atoms with Crippen LogP contribution in [0.4, 0.5) is 10.1 Å². The van der Waals surface area contributed by atoms with Crippen molar-refractivity contribution in [2.24, 2.45) is 0 Å². The van der Waals surface area contributed by atoms with E-state index >= 15 is 0 Å². The van der Waals surface area contributed by atoms with E-state index in [2.05, 4.69) is 50.4 Å². The Hall–Kier alpha value is -4.94. The standard InChI is InChI=1S/C36H36ClFN8O3/c1-22-39-35(41-49-22)24-12-10-23(11-13-24)20-32(47)34-27-6-4-8-30(44-17-14-25(15-18-44)43(2)3)26(27)16-19-45(34)36(48)29-21-46(42-40-29)31-9-5-7-28(37)33(31)38/h4-13,21,25,34H,14-20H2,1-3H3. The number of fused-ring (bicyclic) bond motifs is 1. The van der Waals surface area contributed by atoms with Crippen LogP contribution in [0.1, 0.15) is 52.0 Å². The summed E-state index contributed by atoms with van der Waals surface area (Å²) in [5, 5.41) is 12.0. The van der Waals surface area contributed by atoms with Gasteiger partial charge in [0.1, 0.15) is 11.7 Å². The highest BCUT2D eigenvalue weighted by Crippen LogP contribution is 2.38. The molecule has 2 aliphatic heterocycles. The number of rotatable bonds is 8. The Morgan fingerprint density at radius 1 is 1.00 bits per heavy atom. The number of hydrogen-bond donors (Lipinski definition) is 0. The summed E-state index contributed by atoms with van der Waals surface area (Å²) in [7, 11) is 4.24. The first-order valence-electron chi connectivity index (χ1n) is 16.3. The van der Waals surface area contributed by atoms with Gasteiger partial charge in [0.15, 0.2) is 17.3 Å². The van der Waals surface area contributed by atoms with E-state index in [0.717, 1.165) is 53.9 Å². The molecule has 2 aliphatic rings. The number of carbonyl (C=O) groups is 2. The number of anilines is 1. The number of carbonyl (C=O) groups excluding carboxylic acids is 2. The van der Waals surface area contributed by atoms with Crippen molar-refractivity contribution in [2.75, 3.05) is 38.6 Å². The number of piperidine rings is 1. The van der Waals surface area contributed by atoms with Crippen LogP contribution in [-0.4, -0.2) is 86.4 Å². The Labute approximate surface area is 288 Å². The minimum Gasteiger partial charge on any atom is -0.371 e. The molecule has 2 aromatic heterocycles. The van der Waals surface area contributed by atoms with E-state index in [1.54, 1.807) is 17.9 Å². The minimum atomic E-state index is -0.858. The number of aromatic nitrogens is 5. The predicted octanol–water partition coefficient (Wildman–Crippen LogP) is 5.50. The summed E-state index contributed by atoms with van der Waals surface area (Å²) in [6.45, 7) is 3.86. The lowest BCUT2D eigenvalue weighted by molar-refractivity contribution is -0.123. The molecule has 0 aliphatic carbocycles. The van der Waals surface area contributed by atoms with Gasteiger partial charge in [0, 0.05) is 50.3 Å². The molecule has 0 radical (unpaired) electrons. The average molecular weight is 683 g/mol. The van der Waals surface area contributed by atoms with Gasteiger partial charge in [-0.1, -0.05) is 64.4 Å². The number of aryl methyl sites for hydroxylation is 1. The van der Waals surface area contributed by atoms with Gasteiger partial charge < -0.3 is 19.2 Å². The molecule has 5 aromatic rings. The normalized spacial score (nSPS) is 16.7. The third kappa shape index (κ3) is 6.45. The zero-order valence-corrected chi connectivity index (χ0v) is 28.3. The molecule has 7 rings (SSSR count). The van der Waals surface area contributed by atoms with Crippen LogP contribution in [-0.2, 0) is 17.6 Å². The van der Waals surface area contributed by atoms with E-state index in [-0.39, 0.29) is 28.6 Å². The van der Waals surface area contributed by atoms with Crippen LogP contribution in [0.3, 0.4) is 0 Å². The van der Waals surface area contributed by atoms with Crippen molar-refractivity contribution in [3.63, 3.8) is 0 Å². The van der Waals surface area contributed by atoms with Crippen molar-refractivity contribution in [2.45, 2.75) is 44.7 Å². The van der Waals surface area contributed by atoms with Crippen LogP contribution in [0.5, 0.6) is 0 Å². The van der Waals surface area contributed by atoms with Crippen molar-refractivity contribution in [1.82, 2.24) is 34.9 Å². The summed E-state index contributed by atoms with van der Waals surface area (Å²) >= 11 is 5.99. The molecule has 0 spiro atoms. The smallest absolute Gasteiger partial charge is 0.276 e. The van der Waals surface area contributed by atoms with Gasteiger partial charge in [-0.25, -0.2) is 9.07 Å². The molecular formula is C36H36ClFN8O3. The largest absolute Gasteiger partial charge is 0.371 e. The zero-order chi connectivity index (χ0) is 34.2. The third-order valence-corrected chi connectivity index (χ3v) is 9.80. The summed E-state index contributed by atoms with van der Waals surface area (Å²) in [6.07, 6.45) is 4.14. The summed E-state index contributed by atoms with van der Waals surface area (Å²) < 4.78 is 21.1. The Bertz CT molecular complexity index is 2000. The first-order valence-corrected chi connectivity index (χ1v) is 16.7. The van der Waals surface area contributed by atoms with Gasteiger partial charge >= 0.3 is 0 Å². The van der Waals surface area contributed by atoms with Gasteiger partial charge in [-0.05, 0) is 68.2 Å². The first kappa shape index (κ1) is 32.6. The monoisotopic (exact) mass is 682 g/mol. The fourth-order valence-electron chi connectivity index (χ4n) is 6.92. The Morgan fingerprint density at radius 2 is 1.73 bits per heavy atom. The number of nitrogens with zero attached hydrogens (tertiary/aromatic N) is 8. The van der Waals surface area contributed by atoms with Crippen molar-refractivity contribution in [3.05, 3.63) is 106 Å². The number of ketones is 1. The molecule has 11 nitrogen and oxygen atoms in total. The second-order valence-electron chi connectivity index (χ2n) is 12.8. The maximum Gasteiger partial charge on any atom is 0.276 e. The number of halogens is 2. The molecule has 1 saturated heterocycles. The summed E-state index contributed by atoms with van der Waals surface area (Å²) in [5.41, 5.74) is 4.64. The third-order valence-electron chi connectivity index (χ3n) is 9.51. The van der Waals surface area contributed by atoms with Crippen LogP contribution in [0.15, 0.2) is 71.4 Å². The molecule has 13 heteroatoms. The molecule has 0 saturated carbocycles. The molecule has 4 heterocycles. The highest BCUT2D eigenvalue weighted by molar-refractivity contribution is 6.30. The van der Waals surface area contributed by atoms with Crippen molar-refractivity contribution >= 4 is 29.0 Å². The quantitative estimate of drug-likeness (QED) is 0.209. The molecule has 1 amide bonds. The lowest BCUT2D eigenvalue weighted by Gasteiger charge is -2.41. The fraction of sp³-hybridized carbons (Fsp3) is 0.333. The van der Waals surface area contributed by atoms with Gasteiger partial charge in [-0.3, -0.25) is 9.59 Å². The van der Waals surface area contributed by atoms with Gasteiger partial charge in [0.2, 0.25) is 11.7 Å². The summed E-state index contributed by atoms with van der Waals surface area (Å²) in [6, 6.07) is 17.7. The molecule has 1 fully saturated rings. The van der Waals surface area contributed by atoms with Gasteiger partial charge in [-0.2, -0.15) is 4.98 Å². The van der Waals surface area contributed by atoms with Gasteiger partial charge in [0.25, 0.3) is 5.91 Å². The first-order chi connectivity index (χ1) is 23.7. The van der Waals surface area contributed by atoms with E-state index in [9.17, 15) is 14.0 Å². The maximum atomic E-state index is 14.8. The molecule has 1 unspecified atom stereocenters. The number of amides is 1.